The Labute approximate surface area is 799 Å². The van der Waals surface area contributed by atoms with Crippen LogP contribution in [-0.2, 0) is 60.7 Å². The number of amides is 10. The Kier molecular flexibility index (Phi) is 45.0. The van der Waals surface area contributed by atoms with Gasteiger partial charge in [-0.2, -0.15) is 0 Å². The van der Waals surface area contributed by atoms with Crippen LogP contribution in [0.25, 0.3) is 0 Å². The number of hydrogen-bond acceptors (Lipinski definition) is 28. The lowest BCUT2D eigenvalue weighted by Gasteiger charge is -2.42. The molecule has 0 aliphatic carbocycles. The molecule has 10 amide bonds. The van der Waals surface area contributed by atoms with Crippen molar-refractivity contribution < 1.29 is 81.1 Å². The third-order valence-electron chi connectivity index (χ3n) is 23.1. The number of methoxy groups -OCH3 is 1. The highest BCUT2D eigenvalue weighted by atomic mass is 16.6. The molecule has 5 aliphatic heterocycles. The number of aromatic nitrogens is 4. The van der Waals surface area contributed by atoms with Crippen LogP contribution >= 0.6 is 0 Å². The van der Waals surface area contributed by atoms with E-state index in [2.05, 4.69) is 106 Å². The van der Waals surface area contributed by atoms with Gasteiger partial charge in [-0.3, -0.25) is 63.4 Å². The highest BCUT2D eigenvalue weighted by Crippen LogP contribution is 2.38. The number of nitrogens with one attached hydrogen (secondary N) is 5. The van der Waals surface area contributed by atoms with E-state index < -0.39 is 60.2 Å². The number of benzodiazepines with no additional fused rings is 1. The lowest BCUT2D eigenvalue weighted by atomic mass is 9.91. The van der Waals surface area contributed by atoms with Gasteiger partial charge in [-0.25, -0.2) is 39.4 Å². The Morgan fingerprint density at radius 1 is 0.603 bits per heavy atom. The molecule has 136 heavy (non-hydrogen) atoms. The number of Topliss-reactive ketones (excluding diaryl/α,β-unsaturated/α-hetero) is 1. The molecule has 3 saturated heterocycles. The lowest BCUT2D eigenvalue weighted by molar-refractivity contribution is -0.158. The molecule has 6 atom stereocenters. The van der Waals surface area contributed by atoms with Crippen molar-refractivity contribution in [2.45, 2.75) is 241 Å². The second kappa shape index (κ2) is 55.9. The third kappa shape index (κ3) is 33.2. The average Bonchev–Trinajstić information content (AvgIpc) is 1.58. The summed E-state index contributed by atoms with van der Waals surface area (Å²) in [5.74, 6) is 1.10. The number of hydrazine groups is 1. The number of ether oxygens (including phenoxy) is 7. The largest absolute Gasteiger partial charge is 0.491 e. The van der Waals surface area contributed by atoms with Crippen molar-refractivity contribution in [3.63, 3.8) is 0 Å². The zero-order valence-corrected chi connectivity index (χ0v) is 81.6. The number of aromatic amines is 2. The van der Waals surface area contributed by atoms with Gasteiger partial charge in [0.25, 0.3) is 29.9 Å². The normalized spacial score (nSPS) is 17.4. The number of anilines is 4. The Hall–Kier alpha value is -11.9. The van der Waals surface area contributed by atoms with E-state index in [-0.39, 0.29) is 79.3 Å². The van der Waals surface area contributed by atoms with Gasteiger partial charge in [-0.05, 0) is 194 Å². The number of aliphatic imine (C=N–C) groups is 1. The summed E-state index contributed by atoms with van der Waals surface area (Å²) < 4.78 is 40.2. The van der Waals surface area contributed by atoms with Crippen molar-refractivity contribution >= 4 is 88.2 Å². The predicted octanol–water partition coefficient (Wildman–Crippen LogP) is 10.9. The second-order valence-electron chi connectivity index (χ2n) is 35.5. The van der Waals surface area contributed by atoms with Gasteiger partial charge < -0.3 is 88.1 Å². The maximum absolute atomic E-state index is 13.5. The topological polar surface area (TPSA) is 520 Å². The molecule has 17 N–H and O–H groups in total. The summed E-state index contributed by atoms with van der Waals surface area (Å²) in [7, 11) is 3.63. The van der Waals surface area contributed by atoms with E-state index in [4.69, 9.17) is 67.6 Å². The summed E-state index contributed by atoms with van der Waals surface area (Å²) in [5.41, 5.74) is 41.5. The minimum absolute atomic E-state index is 0.109. The van der Waals surface area contributed by atoms with Crippen molar-refractivity contribution in [3.05, 3.63) is 131 Å². The summed E-state index contributed by atoms with van der Waals surface area (Å²) in [6, 6.07) is 21.0. The summed E-state index contributed by atoms with van der Waals surface area (Å²) >= 11 is 0. The molecule has 0 spiro atoms. The van der Waals surface area contributed by atoms with E-state index in [0.29, 0.717) is 168 Å². The first kappa shape index (κ1) is 109. The van der Waals surface area contributed by atoms with Crippen molar-refractivity contribution in [1.82, 2.24) is 60.2 Å². The van der Waals surface area contributed by atoms with Crippen LogP contribution < -0.4 is 78.9 Å². The van der Waals surface area contributed by atoms with Gasteiger partial charge in [0.15, 0.2) is 23.7 Å². The number of piperazine rings is 1. The number of benzene rings is 4. The molecule has 3 fully saturated rings. The second-order valence-corrected chi connectivity index (χ2v) is 35.5. The number of rotatable bonds is 48. The van der Waals surface area contributed by atoms with Crippen LogP contribution in [0.1, 0.15) is 225 Å². The molecule has 5 aliphatic rings. The van der Waals surface area contributed by atoms with Crippen LogP contribution in [0.2, 0.25) is 0 Å². The van der Waals surface area contributed by atoms with Gasteiger partial charge in [-0.1, -0.05) is 112 Å². The third-order valence-corrected chi connectivity index (χ3v) is 23.1. The van der Waals surface area contributed by atoms with Crippen LogP contribution in [0.5, 0.6) is 34.6 Å². The number of ketones is 1. The van der Waals surface area contributed by atoms with Crippen molar-refractivity contribution in [3.8, 4) is 34.6 Å². The number of carbonyl (C=O) groups excluding carboxylic acids is 10. The number of H-pyrrole nitrogens is 2. The van der Waals surface area contributed by atoms with E-state index in [1.807, 2.05) is 88.5 Å². The molecular weight excluding hydrogens is 1740 g/mol. The molecule has 38 nitrogen and oxygen atoms in total. The zero-order chi connectivity index (χ0) is 99.1. The van der Waals surface area contributed by atoms with Crippen molar-refractivity contribution in [2.75, 3.05) is 128 Å². The van der Waals surface area contributed by atoms with E-state index in [1.165, 1.54) is 36.5 Å². The number of nitrogens with zero attached hydrogens (tertiary/aromatic N) is 10. The minimum Gasteiger partial charge on any atom is -0.491 e. The van der Waals surface area contributed by atoms with Gasteiger partial charge in [0.1, 0.15) is 54.1 Å². The zero-order valence-electron chi connectivity index (χ0n) is 81.6. The number of likely N-dealkylation sites (N-methyl/N-ethyl adjacent to an activating group) is 1. The number of imide groups is 2. The van der Waals surface area contributed by atoms with Gasteiger partial charge in [-0.15, -0.1) is 0 Å². The SMILES string of the molecule is CCCCCC(=O)NC1C(=O)N2C(C)C(CC(C)C)=CC(C(=O)CCCCN)N2C1=O.CCCCCC(=O)NC1N=C(C)c2cc(CC(C)C)ccc2N(C(=O)CCCCN)C1=O.CCc1ccc(NC(=O)Oc2cc(OCCOC(CCN)c3cnc(N)[nH]3)cc(C(C)C)c2)cc1.COCCOc1cc(Oc2cnc(N)[nH]2)cc(OC2C(=O)N(CN3CCN(C)CC3)C(=O)N2CCCN)c1. The lowest BCUT2D eigenvalue weighted by Crippen LogP contribution is -2.57. The standard InChI is InChI=1S/C26H35N5O4.C25H38N4O3.C24H36N8O6.C23H38N4O4/c1-4-18-5-7-20(8-6-18)30-26(32)35-22-14-19(17(2)3)13-21(15-22)33-11-12-34-24(9-10-27)23-16-29-25(28)31-23;1-5-6-7-10-22(30)28-24-25(32)29(23(31)11-8-9-14-26)21-13-12-19(15-17(2)3)16-20(21)18(4)27-24;1-29-6-8-30(9-7-29)16-32-21(33)22(31(24(32)34)5-3-4-25)38-19-13-17(36-11-10-35-2)12-18(14-19)37-20-15-27-23(26)28-20;1-5-6-7-11-20(29)25-21-22(30)26-16(4)17(13-15(2)3)14-18(27(26)23(21)31)19(28)10-8-9-12-24/h5-8,13-17,24H,4,9-12,27H2,1-3H3,(H,30,32)(H3,28,29,31);12-13,16-17,24H,5-11,14-15,26H2,1-4H3,(H,28,30);12-15,22H,3-11,16,25H2,1-2H3,(H3,26,27,28);14-16,18,21H,5-13,24H2,1-4H3,(H,25,29). The predicted molar refractivity (Wildman–Crippen MR) is 522 cm³/mol. The van der Waals surface area contributed by atoms with E-state index in [9.17, 15) is 47.9 Å². The van der Waals surface area contributed by atoms with Gasteiger partial charge >= 0.3 is 12.1 Å². The van der Waals surface area contributed by atoms with E-state index in [1.54, 1.807) is 37.6 Å². The summed E-state index contributed by atoms with van der Waals surface area (Å²) in [6.07, 6.45) is 14.7. The fourth-order valence-corrected chi connectivity index (χ4v) is 15.7. The van der Waals surface area contributed by atoms with Crippen LogP contribution in [0, 0.1) is 11.8 Å². The van der Waals surface area contributed by atoms with E-state index in [0.717, 1.165) is 112 Å². The van der Waals surface area contributed by atoms with Gasteiger partial charge in [0.2, 0.25) is 29.8 Å². The molecule has 746 valence electrons. The highest BCUT2D eigenvalue weighted by Gasteiger charge is 2.54. The number of nitrogen functional groups attached to an aromatic ring is 2. The molecule has 6 unspecified atom stereocenters. The average molecular weight is 1890 g/mol. The Bertz CT molecular complexity index is 4930. The number of nitrogens with two attached hydrogens (primary N) is 6. The Morgan fingerprint density at radius 2 is 1.20 bits per heavy atom. The molecular formula is C98H147N21O17. The number of unbranched alkanes of at least 4 members (excludes halogenated alkanes) is 6. The molecule has 38 heteroatoms. The molecule has 2 aromatic heterocycles. The maximum Gasteiger partial charge on any atom is 0.417 e. The first-order valence-electron chi connectivity index (χ1n) is 47.8. The smallest absolute Gasteiger partial charge is 0.417 e. The van der Waals surface area contributed by atoms with Gasteiger partial charge in [0.05, 0.1) is 49.7 Å². The molecule has 0 bridgehead atoms. The van der Waals surface area contributed by atoms with Crippen molar-refractivity contribution in [1.29, 1.82) is 0 Å². The van der Waals surface area contributed by atoms with Crippen LogP contribution in [0.15, 0.2) is 108 Å². The minimum atomic E-state index is -1.26. The van der Waals surface area contributed by atoms with Crippen molar-refractivity contribution in [2.24, 2.45) is 39.8 Å². The first-order chi connectivity index (χ1) is 65.2. The number of fused-ring (bicyclic) bond motifs is 2. The van der Waals surface area contributed by atoms with Gasteiger partial charge in [0, 0.05) is 107 Å². The van der Waals surface area contributed by atoms with Crippen LogP contribution in [-0.4, -0.2) is 251 Å². The summed E-state index contributed by atoms with van der Waals surface area (Å²) in [6.45, 7) is 29.4. The van der Waals surface area contributed by atoms with Crippen LogP contribution in [0.3, 0.4) is 0 Å². The summed E-state index contributed by atoms with van der Waals surface area (Å²) in [5, 5.41) is 10.8. The molecule has 0 radical (unpaired) electrons. The number of urea groups is 1. The molecule has 0 saturated carbocycles. The first-order valence-corrected chi connectivity index (χ1v) is 47.8. The molecule has 11 rings (SSSR count). The fraction of sp³-hybridized carbons (Fsp3) is 0.561. The number of imidazole rings is 2. The Morgan fingerprint density at radius 3 is 1.81 bits per heavy atom. The highest BCUT2D eigenvalue weighted by molar-refractivity contribution is 6.22. The monoisotopic (exact) mass is 1890 g/mol. The number of carbonyl (C=O) groups is 10. The molecule has 6 aromatic rings. The molecule has 7 heterocycles. The molecule has 4 aromatic carbocycles. The number of hydrogen-bond donors (Lipinski definition) is 11. The Balaban J connectivity index is 0.000000224. The summed E-state index contributed by atoms with van der Waals surface area (Å²) in [4.78, 5) is 156. The van der Waals surface area contributed by atoms with E-state index >= 15 is 0 Å². The fourth-order valence-electron chi connectivity index (χ4n) is 15.7. The van der Waals surface area contributed by atoms with Crippen LogP contribution in [0.4, 0.5) is 32.9 Å². The maximum atomic E-state index is 13.5. The quantitative estimate of drug-likeness (QED) is 0.00731. The number of aryl methyl sites for hydroxylation is 1.